The molecule has 3 rings (SSSR count). The highest BCUT2D eigenvalue weighted by Crippen LogP contribution is 2.21. The van der Waals surface area contributed by atoms with Crippen molar-refractivity contribution in [2.24, 2.45) is 0 Å². The van der Waals surface area contributed by atoms with Gasteiger partial charge in [-0.25, -0.2) is 0 Å². The minimum absolute atomic E-state index is 0.0470. The number of amides is 1. The summed E-state index contributed by atoms with van der Waals surface area (Å²) in [7, 11) is 0. The molecular weight excluding hydrogens is 334 g/mol. The fraction of sp³-hybridized carbons (Fsp3) is 0.435. The number of benzene rings is 2. The van der Waals surface area contributed by atoms with Gasteiger partial charge >= 0.3 is 0 Å². The molecule has 0 radical (unpaired) electrons. The highest BCUT2D eigenvalue weighted by Gasteiger charge is 2.19. The number of aryl methyl sites for hydroxylation is 2. The number of nitrogens with zero attached hydrogens (tertiary/aromatic N) is 1. The molecule has 0 bridgehead atoms. The first-order valence-electron chi connectivity index (χ1n) is 10.0. The number of rotatable bonds is 7. The first-order chi connectivity index (χ1) is 13.2. The lowest BCUT2D eigenvalue weighted by Crippen LogP contribution is -2.44. The average molecular weight is 366 g/mol. The van der Waals surface area contributed by atoms with Crippen LogP contribution < -0.4 is 10.6 Å². The molecule has 1 amide bonds. The molecule has 27 heavy (non-hydrogen) atoms. The van der Waals surface area contributed by atoms with Crippen molar-refractivity contribution < 1.29 is 4.79 Å². The van der Waals surface area contributed by atoms with Crippen molar-refractivity contribution >= 4 is 11.6 Å². The largest absolute Gasteiger partial charge is 0.324 e. The van der Waals surface area contributed by atoms with Crippen LogP contribution in [0.25, 0.3) is 0 Å². The second-order valence-corrected chi connectivity index (χ2v) is 7.43. The Morgan fingerprint density at radius 3 is 2.52 bits per heavy atom. The monoisotopic (exact) mass is 365 g/mol. The zero-order chi connectivity index (χ0) is 19.1. The molecule has 1 aliphatic heterocycles. The van der Waals surface area contributed by atoms with Crippen LogP contribution in [0.4, 0.5) is 5.69 Å². The predicted octanol–water partition coefficient (Wildman–Crippen LogP) is 3.75. The highest BCUT2D eigenvalue weighted by molar-refractivity contribution is 5.93. The number of carbonyl (C=O) groups is 1. The Labute approximate surface area is 163 Å². The summed E-state index contributed by atoms with van der Waals surface area (Å²) in [6.45, 7) is 7.70. The van der Waals surface area contributed by atoms with E-state index in [1.807, 2.05) is 19.1 Å². The van der Waals surface area contributed by atoms with E-state index in [-0.39, 0.29) is 5.91 Å². The van der Waals surface area contributed by atoms with Crippen molar-refractivity contribution in [2.45, 2.75) is 45.7 Å². The molecular formula is C23H31N3O. The number of piperidine rings is 1. The van der Waals surface area contributed by atoms with Crippen LogP contribution in [0.5, 0.6) is 0 Å². The number of anilines is 1. The summed E-state index contributed by atoms with van der Waals surface area (Å²) < 4.78 is 0. The summed E-state index contributed by atoms with van der Waals surface area (Å²) in [5.41, 5.74) is 4.66. The van der Waals surface area contributed by atoms with Crippen molar-refractivity contribution in [1.29, 1.82) is 0 Å². The van der Waals surface area contributed by atoms with Crippen LogP contribution in [0.3, 0.4) is 0 Å². The molecule has 0 atom stereocenters. The Kier molecular flexibility index (Phi) is 7.02. The zero-order valence-corrected chi connectivity index (χ0v) is 16.5. The van der Waals surface area contributed by atoms with Crippen LogP contribution in [0.2, 0.25) is 0 Å². The van der Waals surface area contributed by atoms with E-state index in [0.29, 0.717) is 12.6 Å². The first kappa shape index (κ1) is 19.6. The van der Waals surface area contributed by atoms with Crippen molar-refractivity contribution in [3.05, 3.63) is 65.2 Å². The molecule has 1 heterocycles. The third-order valence-corrected chi connectivity index (χ3v) is 5.39. The number of hydrogen-bond acceptors (Lipinski definition) is 3. The summed E-state index contributed by atoms with van der Waals surface area (Å²) >= 11 is 0. The Bertz CT molecular complexity index is 737. The predicted molar refractivity (Wildman–Crippen MR) is 112 cm³/mol. The van der Waals surface area contributed by atoms with Gasteiger partial charge in [0.2, 0.25) is 5.91 Å². The Morgan fingerprint density at radius 2 is 1.81 bits per heavy atom. The van der Waals surface area contributed by atoms with Gasteiger partial charge in [-0.15, -0.1) is 0 Å². The van der Waals surface area contributed by atoms with E-state index in [1.165, 1.54) is 11.1 Å². The lowest BCUT2D eigenvalue weighted by atomic mass is 10.0. The van der Waals surface area contributed by atoms with Crippen LogP contribution in [-0.2, 0) is 17.8 Å². The molecule has 1 fully saturated rings. The van der Waals surface area contributed by atoms with Gasteiger partial charge in [0.05, 0.1) is 6.54 Å². The van der Waals surface area contributed by atoms with Gasteiger partial charge in [-0.05, 0) is 56.0 Å². The van der Waals surface area contributed by atoms with Crippen molar-refractivity contribution in [2.75, 3.05) is 25.0 Å². The van der Waals surface area contributed by atoms with Crippen LogP contribution in [0.15, 0.2) is 48.5 Å². The van der Waals surface area contributed by atoms with Crippen LogP contribution in [-0.4, -0.2) is 36.5 Å². The van der Waals surface area contributed by atoms with Crippen LogP contribution in [0.1, 0.15) is 36.5 Å². The second kappa shape index (κ2) is 9.67. The molecule has 0 saturated carbocycles. The van der Waals surface area contributed by atoms with Crippen molar-refractivity contribution in [1.82, 2.24) is 10.2 Å². The Balaban J connectivity index is 1.42. The quantitative estimate of drug-likeness (QED) is 0.785. The lowest BCUT2D eigenvalue weighted by molar-refractivity contribution is -0.115. The van der Waals surface area contributed by atoms with Gasteiger partial charge < -0.3 is 10.6 Å². The number of carbonyl (C=O) groups excluding carboxylic acids is 1. The fourth-order valence-electron chi connectivity index (χ4n) is 3.76. The molecule has 4 heteroatoms. The van der Waals surface area contributed by atoms with Gasteiger partial charge in [-0.1, -0.05) is 55.5 Å². The van der Waals surface area contributed by atoms with E-state index in [0.717, 1.165) is 50.1 Å². The molecule has 2 N–H and O–H groups in total. The molecule has 0 unspecified atom stereocenters. The lowest BCUT2D eigenvalue weighted by Gasteiger charge is -2.32. The number of likely N-dealkylation sites (tertiary alicyclic amines) is 1. The molecule has 0 spiro atoms. The Hall–Kier alpha value is -2.17. The maximum atomic E-state index is 12.4. The van der Waals surface area contributed by atoms with Crippen molar-refractivity contribution in [3.63, 3.8) is 0 Å². The highest BCUT2D eigenvalue weighted by atomic mass is 16.1. The normalized spacial score (nSPS) is 15.6. The molecule has 2 aromatic carbocycles. The van der Waals surface area contributed by atoms with E-state index in [1.54, 1.807) is 0 Å². The molecule has 144 valence electrons. The minimum atomic E-state index is 0.0470. The summed E-state index contributed by atoms with van der Waals surface area (Å²) in [6.07, 6.45) is 3.10. The van der Waals surface area contributed by atoms with Crippen LogP contribution in [0, 0.1) is 6.92 Å². The number of nitrogens with one attached hydrogen (secondary N) is 2. The van der Waals surface area contributed by atoms with Gasteiger partial charge in [0.1, 0.15) is 0 Å². The van der Waals surface area contributed by atoms with Gasteiger partial charge in [0, 0.05) is 18.3 Å². The zero-order valence-electron chi connectivity index (χ0n) is 16.5. The molecule has 1 saturated heterocycles. The average Bonchev–Trinajstić information content (AvgIpc) is 2.70. The maximum absolute atomic E-state index is 12.4. The van der Waals surface area contributed by atoms with E-state index in [9.17, 15) is 4.79 Å². The number of hydrogen-bond donors (Lipinski definition) is 2. The van der Waals surface area contributed by atoms with E-state index in [2.05, 4.69) is 58.9 Å². The standard InChI is InChI=1S/C23H31N3O/c1-3-20-11-7-8-18(2)23(20)25-22(27)16-24-21-12-14-26(15-13-21)17-19-9-5-4-6-10-19/h4-11,21,24H,3,12-17H2,1-2H3,(H,25,27). The third-order valence-electron chi connectivity index (χ3n) is 5.39. The summed E-state index contributed by atoms with van der Waals surface area (Å²) in [5, 5.41) is 6.54. The van der Waals surface area contributed by atoms with Crippen molar-refractivity contribution in [3.8, 4) is 0 Å². The second-order valence-electron chi connectivity index (χ2n) is 7.43. The molecule has 0 aromatic heterocycles. The number of para-hydroxylation sites is 1. The van der Waals surface area contributed by atoms with Crippen LogP contribution >= 0.6 is 0 Å². The summed E-state index contributed by atoms with van der Waals surface area (Å²) in [6, 6.07) is 17.2. The summed E-state index contributed by atoms with van der Waals surface area (Å²) in [5.74, 6) is 0.0470. The van der Waals surface area contributed by atoms with Gasteiger partial charge in [-0.3, -0.25) is 9.69 Å². The third kappa shape index (κ3) is 5.65. The van der Waals surface area contributed by atoms with Gasteiger partial charge in [0.15, 0.2) is 0 Å². The van der Waals surface area contributed by atoms with E-state index < -0.39 is 0 Å². The fourth-order valence-corrected chi connectivity index (χ4v) is 3.76. The van der Waals surface area contributed by atoms with E-state index >= 15 is 0 Å². The van der Waals surface area contributed by atoms with E-state index in [4.69, 9.17) is 0 Å². The summed E-state index contributed by atoms with van der Waals surface area (Å²) in [4.78, 5) is 14.9. The molecule has 4 nitrogen and oxygen atoms in total. The smallest absolute Gasteiger partial charge is 0.238 e. The van der Waals surface area contributed by atoms with Gasteiger partial charge in [-0.2, -0.15) is 0 Å². The first-order valence-corrected chi connectivity index (χ1v) is 10.0. The Morgan fingerprint density at radius 1 is 1.07 bits per heavy atom. The maximum Gasteiger partial charge on any atom is 0.238 e. The molecule has 0 aliphatic carbocycles. The SMILES string of the molecule is CCc1cccc(C)c1NC(=O)CNC1CCN(Cc2ccccc2)CC1. The van der Waals surface area contributed by atoms with Gasteiger partial charge in [0.25, 0.3) is 0 Å². The topological polar surface area (TPSA) is 44.4 Å². The molecule has 2 aromatic rings. The minimum Gasteiger partial charge on any atom is -0.324 e. The molecule has 1 aliphatic rings.